The van der Waals surface area contributed by atoms with Gasteiger partial charge in [-0.05, 0) is 52.2 Å². The molecule has 1 heterocycles. The third kappa shape index (κ3) is 4.91. The van der Waals surface area contributed by atoms with Gasteiger partial charge in [0.25, 0.3) is 5.91 Å². The topological polar surface area (TPSA) is 93.7 Å². The molecule has 2 aromatic rings. The van der Waals surface area contributed by atoms with Crippen LogP contribution >= 0.6 is 15.9 Å². The number of amides is 1. The van der Waals surface area contributed by atoms with Crippen LogP contribution in [0.15, 0.2) is 51.8 Å². The van der Waals surface area contributed by atoms with Crippen LogP contribution in [0.2, 0.25) is 0 Å². The number of ether oxygens (including phenoxy) is 2. The van der Waals surface area contributed by atoms with E-state index >= 15 is 0 Å². The van der Waals surface area contributed by atoms with Gasteiger partial charge in [-0.15, -0.1) is 0 Å². The molecule has 0 saturated carbocycles. The van der Waals surface area contributed by atoms with Gasteiger partial charge in [-0.1, -0.05) is 18.2 Å². The number of nitrogens with one attached hydrogen (secondary N) is 2. The maximum atomic E-state index is 12.8. The fourth-order valence-electron chi connectivity index (χ4n) is 2.89. The lowest BCUT2D eigenvalue weighted by molar-refractivity contribution is 0.0914. The Morgan fingerprint density at radius 3 is 2.86 bits per heavy atom. The minimum atomic E-state index is -3.73. The van der Waals surface area contributed by atoms with Crippen LogP contribution in [-0.4, -0.2) is 47.2 Å². The maximum absolute atomic E-state index is 12.8. The summed E-state index contributed by atoms with van der Waals surface area (Å²) in [6.07, 6.45) is 0.649. The number of methoxy groups -OCH3 is 1. The first kappa shape index (κ1) is 20.8. The Labute approximate surface area is 172 Å². The Balaban J connectivity index is 1.73. The number of hydrogen-bond acceptors (Lipinski definition) is 5. The van der Waals surface area contributed by atoms with Crippen molar-refractivity contribution in [3.8, 4) is 5.75 Å². The molecule has 1 aliphatic heterocycles. The van der Waals surface area contributed by atoms with Crippen LogP contribution in [0, 0.1) is 0 Å². The Morgan fingerprint density at radius 2 is 2.07 bits per heavy atom. The van der Waals surface area contributed by atoms with Crippen LogP contribution < -0.4 is 14.8 Å². The van der Waals surface area contributed by atoms with Gasteiger partial charge in [0.15, 0.2) is 0 Å². The molecule has 9 heteroatoms. The van der Waals surface area contributed by atoms with E-state index in [0.717, 1.165) is 11.3 Å². The molecule has 150 valence electrons. The van der Waals surface area contributed by atoms with E-state index in [9.17, 15) is 13.2 Å². The van der Waals surface area contributed by atoms with E-state index < -0.39 is 10.0 Å². The van der Waals surface area contributed by atoms with Crippen molar-refractivity contribution in [1.82, 2.24) is 10.0 Å². The smallest absolute Gasteiger partial charge is 0.252 e. The van der Waals surface area contributed by atoms with Gasteiger partial charge in [0, 0.05) is 18.1 Å². The average Bonchev–Trinajstić information content (AvgIpc) is 2.68. The van der Waals surface area contributed by atoms with Crippen molar-refractivity contribution in [2.75, 3.05) is 26.9 Å². The number of halogens is 1. The Kier molecular flexibility index (Phi) is 6.71. The van der Waals surface area contributed by atoms with Crippen molar-refractivity contribution in [3.05, 3.63) is 58.1 Å². The quantitative estimate of drug-likeness (QED) is 0.606. The number of carbonyl (C=O) groups excluding carboxylic acids is 1. The van der Waals surface area contributed by atoms with Gasteiger partial charge in [0.2, 0.25) is 10.0 Å². The zero-order valence-corrected chi connectivity index (χ0v) is 17.7. The molecule has 2 aromatic carbocycles. The van der Waals surface area contributed by atoms with E-state index in [-0.39, 0.29) is 35.6 Å². The van der Waals surface area contributed by atoms with Gasteiger partial charge in [0.1, 0.15) is 12.4 Å². The fourth-order valence-corrected chi connectivity index (χ4v) is 4.36. The maximum Gasteiger partial charge on any atom is 0.252 e. The standard InChI is InChI=1S/C19H21BrN2O5S/c1-26-9-8-21-28(24,25)15-6-7-17(20)16(11-15)19(23)22-14-10-13-4-2-3-5-18(13)27-12-14/h2-7,11,14,21H,8-10,12H2,1H3,(H,22,23)/t14-/m0/s1. The molecule has 3 rings (SSSR count). The minimum absolute atomic E-state index is 0.0159. The lowest BCUT2D eigenvalue weighted by atomic mass is 10.0. The van der Waals surface area contributed by atoms with Crippen LogP contribution in [0.1, 0.15) is 15.9 Å². The van der Waals surface area contributed by atoms with E-state index in [4.69, 9.17) is 9.47 Å². The number of hydrogen-bond donors (Lipinski definition) is 2. The molecule has 0 bridgehead atoms. The predicted octanol–water partition coefficient (Wildman–Crippen LogP) is 2.11. The van der Waals surface area contributed by atoms with Gasteiger partial charge in [-0.25, -0.2) is 13.1 Å². The first-order valence-corrected chi connectivity index (χ1v) is 11.0. The summed E-state index contributed by atoms with van der Waals surface area (Å²) in [5.41, 5.74) is 1.27. The number of sulfonamides is 1. The van der Waals surface area contributed by atoms with Crippen molar-refractivity contribution >= 4 is 31.9 Å². The summed E-state index contributed by atoms with van der Waals surface area (Å²) in [7, 11) is -2.24. The molecule has 0 saturated heterocycles. The third-order valence-electron chi connectivity index (χ3n) is 4.31. The number of para-hydroxylation sites is 1. The van der Waals surface area contributed by atoms with Crippen molar-refractivity contribution in [1.29, 1.82) is 0 Å². The highest BCUT2D eigenvalue weighted by Gasteiger charge is 2.24. The molecule has 0 unspecified atom stereocenters. The zero-order valence-electron chi connectivity index (χ0n) is 15.3. The van der Waals surface area contributed by atoms with Crippen LogP contribution in [-0.2, 0) is 21.2 Å². The molecule has 0 aromatic heterocycles. The van der Waals surface area contributed by atoms with Gasteiger partial charge < -0.3 is 14.8 Å². The number of benzene rings is 2. The summed E-state index contributed by atoms with van der Waals surface area (Å²) in [6, 6.07) is 11.8. The van der Waals surface area contributed by atoms with Gasteiger partial charge in [-0.3, -0.25) is 4.79 Å². The van der Waals surface area contributed by atoms with E-state index in [2.05, 4.69) is 26.0 Å². The van der Waals surface area contributed by atoms with Crippen molar-refractivity contribution < 1.29 is 22.7 Å². The summed E-state index contributed by atoms with van der Waals surface area (Å²) in [5.74, 6) is 0.457. The van der Waals surface area contributed by atoms with Crippen molar-refractivity contribution in [2.45, 2.75) is 17.4 Å². The summed E-state index contributed by atoms with van der Waals surface area (Å²) < 4.78 is 38.3. The highest BCUT2D eigenvalue weighted by atomic mass is 79.9. The highest BCUT2D eigenvalue weighted by molar-refractivity contribution is 9.10. The predicted molar refractivity (Wildman–Crippen MR) is 108 cm³/mol. The summed E-state index contributed by atoms with van der Waals surface area (Å²) in [6.45, 7) is 0.762. The Hall–Kier alpha value is -1.94. The monoisotopic (exact) mass is 468 g/mol. The lowest BCUT2D eigenvalue weighted by Gasteiger charge is -2.26. The van der Waals surface area contributed by atoms with Crippen LogP contribution in [0.3, 0.4) is 0 Å². The van der Waals surface area contributed by atoms with Crippen LogP contribution in [0.5, 0.6) is 5.75 Å². The molecular weight excluding hydrogens is 448 g/mol. The molecule has 0 aliphatic carbocycles. The molecule has 2 N–H and O–H groups in total. The second kappa shape index (κ2) is 9.04. The first-order valence-electron chi connectivity index (χ1n) is 8.70. The van der Waals surface area contributed by atoms with Gasteiger partial charge >= 0.3 is 0 Å². The zero-order chi connectivity index (χ0) is 20.1. The average molecular weight is 469 g/mol. The van der Waals surface area contributed by atoms with E-state index in [1.807, 2.05) is 24.3 Å². The molecule has 0 spiro atoms. The molecule has 28 heavy (non-hydrogen) atoms. The van der Waals surface area contributed by atoms with Crippen molar-refractivity contribution in [2.24, 2.45) is 0 Å². The molecule has 1 atom stereocenters. The summed E-state index contributed by atoms with van der Waals surface area (Å²) >= 11 is 3.32. The normalized spacial score (nSPS) is 16.1. The Morgan fingerprint density at radius 1 is 1.29 bits per heavy atom. The SMILES string of the molecule is COCCNS(=O)(=O)c1ccc(Br)c(C(=O)N[C@@H]2COc3ccccc3C2)c1. The summed E-state index contributed by atoms with van der Waals surface area (Å²) in [5, 5.41) is 2.92. The lowest BCUT2D eigenvalue weighted by Crippen LogP contribution is -2.42. The third-order valence-corrected chi connectivity index (χ3v) is 6.46. The van der Waals surface area contributed by atoms with Crippen LogP contribution in [0.25, 0.3) is 0 Å². The van der Waals surface area contributed by atoms with E-state index in [1.54, 1.807) is 6.07 Å². The van der Waals surface area contributed by atoms with Gasteiger partial charge in [0.05, 0.1) is 23.1 Å². The van der Waals surface area contributed by atoms with Gasteiger partial charge in [-0.2, -0.15) is 0 Å². The van der Waals surface area contributed by atoms with E-state index in [0.29, 0.717) is 17.5 Å². The molecule has 0 radical (unpaired) electrons. The molecular formula is C19H21BrN2O5S. The number of fused-ring (bicyclic) bond motifs is 1. The summed E-state index contributed by atoms with van der Waals surface area (Å²) in [4.78, 5) is 12.8. The molecule has 0 fully saturated rings. The molecule has 7 nitrogen and oxygen atoms in total. The number of carbonyl (C=O) groups is 1. The second-order valence-corrected chi connectivity index (χ2v) is 8.95. The largest absolute Gasteiger partial charge is 0.491 e. The first-order chi connectivity index (χ1) is 13.4. The minimum Gasteiger partial charge on any atom is -0.491 e. The van der Waals surface area contributed by atoms with E-state index in [1.165, 1.54) is 19.2 Å². The molecule has 1 amide bonds. The fraction of sp³-hybridized carbons (Fsp3) is 0.316. The van der Waals surface area contributed by atoms with Crippen molar-refractivity contribution in [3.63, 3.8) is 0 Å². The van der Waals surface area contributed by atoms with Crippen LogP contribution in [0.4, 0.5) is 0 Å². The second-order valence-electron chi connectivity index (χ2n) is 6.33. The Bertz CT molecular complexity index is 965. The molecule has 1 aliphatic rings. The number of rotatable bonds is 7. The highest BCUT2D eigenvalue weighted by Crippen LogP contribution is 2.25.